The van der Waals surface area contributed by atoms with E-state index in [1.165, 1.54) is 0 Å². The molecular formula is C13H18N2OS. The first-order valence-electron chi connectivity index (χ1n) is 5.81. The molecule has 1 aromatic rings. The first-order chi connectivity index (χ1) is 8.11. The Labute approximate surface area is 107 Å². The predicted octanol–water partition coefficient (Wildman–Crippen LogP) is 3.21. The summed E-state index contributed by atoms with van der Waals surface area (Å²) in [6.45, 7) is 3.98. The van der Waals surface area contributed by atoms with Crippen LogP contribution in [-0.4, -0.2) is 17.9 Å². The van der Waals surface area contributed by atoms with Crippen LogP contribution in [0.4, 0.5) is 0 Å². The largest absolute Gasteiger partial charge is 0.337 e. The Morgan fingerprint density at radius 1 is 1.65 bits per heavy atom. The molecule has 92 valence electrons. The van der Waals surface area contributed by atoms with Crippen molar-refractivity contribution in [2.45, 2.75) is 32.7 Å². The molecule has 17 heavy (non-hydrogen) atoms. The van der Waals surface area contributed by atoms with Gasteiger partial charge in [-0.05, 0) is 24.8 Å². The molecule has 0 spiro atoms. The third-order valence-electron chi connectivity index (χ3n) is 2.91. The normalized spacial score (nSPS) is 13.8. The summed E-state index contributed by atoms with van der Waals surface area (Å²) in [7, 11) is 1.77. The minimum absolute atomic E-state index is 0.0372. The number of nitriles is 1. The van der Waals surface area contributed by atoms with E-state index in [2.05, 4.69) is 6.07 Å². The zero-order valence-electron chi connectivity index (χ0n) is 10.5. The smallest absolute Gasteiger partial charge is 0.240 e. The van der Waals surface area contributed by atoms with Crippen LogP contribution in [0, 0.1) is 17.2 Å². The van der Waals surface area contributed by atoms with Gasteiger partial charge in [0.1, 0.15) is 5.92 Å². The van der Waals surface area contributed by atoms with E-state index in [0.29, 0.717) is 6.42 Å². The van der Waals surface area contributed by atoms with Crippen molar-refractivity contribution in [2.75, 3.05) is 7.05 Å². The van der Waals surface area contributed by atoms with Gasteiger partial charge < -0.3 is 4.90 Å². The number of hydrogen-bond donors (Lipinski definition) is 0. The van der Waals surface area contributed by atoms with Gasteiger partial charge in [-0.3, -0.25) is 4.79 Å². The predicted molar refractivity (Wildman–Crippen MR) is 69.5 cm³/mol. The first kappa shape index (κ1) is 13.7. The Kier molecular flexibility index (Phi) is 5.17. The van der Waals surface area contributed by atoms with Crippen LogP contribution in [0.3, 0.4) is 0 Å². The van der Waals surface area contributed by atoms with E-state index in [-0.39, 0.29) is 11.9 Å². The highest BCUT2D eigenvalue weighted by Crippen LogP contribution is 2.25. The third kappa shape index (κ3) is 3.31. The molecule has 0 aliphatic rings. The van der Waals surface area contributed by atoms with Gasteiger partial charge in [-0.2, -0.15) is 5.26 Å². The fourth-order valence-electron chi connectivity index (χ4n) is 1.69. The van der Waals surface area contributed by atoms with E-state index in [1.54, 1.807) is 23.3 Å². The molecule has 4 heteroatoms. The van der Waals surface area contributed by atoms with Crippen LogP contribution in [0.15, 0.2) is 17.5 Å². The van der Waals surface area contributed by atoms with Crippen LogP contribution < -0.4 is 0 Å². The molecule has 0 N–H and O–H groups in total. The Balaban J connectivity index is 2.72. The number of amides is 1. The fourth-order valence-corrected chi connectivity index (χ4v) is 2.51. The van der Waals surface area contributed by atoms with Gasteiger partial charge in [0.15, 0.2) is 0 Å². The van der Waals surface area contributed by atoms with Crippen LogP contribution in [0.25, 0.3) is 0 Å². The summed E-state index contributed by atoms with van der Waals surface area (Å²) in [6, 6.07) is 6.12. The maximum atomic E-state index is 12.1. The highest BCUT2D eigenvalue weighted by Gasteiger charge is 2.25. The molecule has 0 aliphatic carbocycles. The van der Waals surface area contributed by atoms with Gasteiger partial charge in [-0.15, -0.1) is 11.3 Å². The lowest BCUT2D eigenvalue weighted by Crippen LogP contribution is -2.34. The molecule has 0 aliphatic heterocycles. The zero-order valence-corrected chi connectivity index (χ0v) is 11.3. The van der Waals surface area contributed by atoms with Gasteiger partial charge in [0.05, 0.1) is 12.1 Å². The highest BCUT2D eigenvalue weighted by molar-refractivity contribution is 7.10. The van der Waals surface area contributed by atoms with Gasteiger partial charge in [0.2, 0.25) is 5.91 Å². The molecule has 1 amide bonds. The molecule has 1 aromatic heterocycles. The maximum Gasteiger partial charge on any atom is 0.240 e. The van der Waals surface area contributed by atoms with Crippen LogP contribution in [0.2, 0.25) is 0 Å². The maximum absolute atomic E-state index is 12.1. The summed E-state index contributed by atoms with van der Waals surface area (Å²) in [4.78, 5) is 14.9. The fraction of sp³-hybridized carbons (Fsp3) is 0.538. The van der Waals surface area contributed by atoms with E-state index >= 15 is 0 Å². The van der Waals surface area contributed by atoms with Crippen molar-refractivity contribution in [3.05, 3.63) is 22.4 Å². The summed E-state index contributed by atoms with van der Waals surface area (Å²) in [5.41, 5.74) is 0. The van der Waals surface area contributed by atoms with Crippen molar-refractivity contribution >= 4 is 17.2 Å². The molecule has 0 saturated carbocycles. The van der Waals surface area contributed by atoms with E-state index in [4.69, 9.17) is 5.26 Å². The number of carbonyl (C=O) groups excluding carboxylic acids is 1. The first-order valence-corrected chi connectivity index (χ1v) is 6.69. The zero-order chi connectivity index (χ0) is 12.8. The molecule has 0 aromatic carbocycles. The molecule has 2 atom stereocenters. The van der Waals surface area contributed by atoms with E-state index in [1.807, 2.05) is 31.4 Å². The molecule has 1 rings (SSSR count). The Morgan fingerprint density at radius 3 is 2.82 bits per heavy atom. The van der Waals surface area contributed by atoms with Crippen molar-refractivity contribution < 1.29 is 4.79 Å². The van der Waals surface area contributed by atoms with Gasteiger partial charge in [-0.1, -0.05) is 19.4 Å². The summed E-state index contributed by atoms with van der Waals surface area (Å²) < 4.78 is 0. The Hall–Kier alpha value is -1.34. The quantitative estimate of drug-likeness (QED) is 0.805. The monoisotopic (exact) mass is 250 g/mol. The van der Waals surface area contributed by atoms with Crippen molar-refractivity contribution in [3.8, 4) is 6.07 Å². The minimum atomic E-state index is -0.507. The second-order valence-corrected chi connectivity index (χ2v) is 5.09. The van der Waals surface area contributed by atoms with Gasteiger partial charge in [0, 0.05) is 11.9 Å². The summed E-state index contributed by atoms with van der Waals surface area (Å²) in [5, 5.41) is 11.0. The van der Waals surface area contributed by atoms with Crippen molar-refractivity contribution in [1.82, 2.24) is 4.90 Å². The van der Waals surface area contributed by atoms with Crippen LogP contribution in [-0.2, 0) is 4.79 Å². The summed E-state index contributed by atoms with van der Waals surface area (Å²) in [6.07, 6.45) is 1.49. The molecule has 3 nitrogen and oxygen atoms in total. The van der Waals surface area contributed by atoms with E-state index in [9.17, 15) is 4.79 Å². The molecule has 0 saturated heterocycles. The second-order valence-electron chi connectivity index (χ2n) is 4.11. The molecule has 0 fully saturated rings. The number of rotatable bonds is 5. The SMILES string of the molecule is CCCC(C#N)C(=O)N(C)C(C)c1cccs1. The van der Waals surface area contributed by atoms with Gasteiger partial charge in [0.25, 0.3) is 0 Å². The Bertz CT molecular complexity index is 394. The molecular weight excluding hydrogens is 232 g/mol. The van der Waals surface area contributed by atoms with Crippen LogP contribution in [0.5, 0.6) is 0 Å². The third-order valence-corrected chi connectivity index (χ3v) is 3.96. The lowest BCUT2D eigenvalue weighted by molar-refractivity contribution is -0.134. The van der Waals surface area contributed by atoms with E-state index < -0.39 is 5.92 Å². The average molecular weight is 250 g/mol. The average Bonchev–Trinajstić information content (AvgIpc) is 2.87. The lowest BCUT2D eigenvalue weighted by atomic mass is 10.0. The van der Waals surface area contributed by atoms with Crippen LogP contribution in [0.1, 0.15) is 37.6 Å². The van der Waals surface area contributed by atoms with Gasteiger partial charge >= 0.3 is 0 Å². The molecule has 1 heterocycles. The lowest BCUT2D eigenvalue weighted by Gasteiger charge is -2.26. The molecule has 0 radical (unpaired) electrons. The molecule has 0 bridgehead atoms. The second kappa shape index (κ2) is 6.41. The van der Waals surface area contributed by atoms with Crippen molar-refractivity contribution in [2.24, 2.45) is 5.92 Å². The minimum Gasteiger partial charge on any atom is -0.337 e. The summed E-state index contributed by atoms with van der Waals surface area (Å²) >= 11 is 1.63. The van der Waals surface area contributed by atoms with Crippen molar-refractivity contribution in [1.29, 1.82) is 5.26 Å². The van der Waals surface area contributed by atoms with Crippen molar-refractivity contribution in [3.63, 3.8) is 0 Å². The highest BCUT2D eigenvalue weighted by atomic mass is 32.1. The van der Waals surface area contributed by atoms with Crippen LogP contribution >= 0.6 is 11.3 Å². The topological polar surface area (TPSA) is 44.1 Å². The number of hydrogen-bond acceptors (Lipinski definition) is 3. The molecule has 2 unspecified atom stereocenters. The Morgan fingerprint density at radius 2 is 2.35 bits per heavy atom. The standard InChI is InChI=1S/C13H18N2OS/c1-4-6-11(9-14)13(16)15(3)10(2)12-7-5-8-17-12/h5,7-8,10-11H,4,6H2,1-3H3. The number of carbonyl (C=O) groups is 1. The van der Waals surface area contributed by atoms with E-state index in [0.717, 1.165) is 11.3 Å². The van der Waals surface area contributed by atoms with Gasteiger partial charge in [-0.25, -0.2) is 0 Å². The number of thiophene rings is 1. The number of nitrogens with zero attached hydrogens (tertiary/aromatic N) is 2. The summed E-state index contributed by atoms with van der Waals surface area (Å²) in [5.74, 6) is -0.581.